The van der Waals surface area contributed by atoms with Gasteiger partial charge in [0.1, 0.15) is 0 Å². The lowest BCUT2D eigenvalue weighted by atomic mass is 9.90. The first-order valence-corrected chi connectivity index (χ1v) is 9.40. The third-order valence-corrected chi connectivity index (χ3v) is 5.94. The topological polar surface area (TPSA) is 79.6 Å². The van der Waals surface area contributed by atoms with Gasteiger partial charge in [0.2, 0.25) is 16.0 Å². The molecule has 1 amide bonds. The fourth-order valence-corrected chi connectivity index (χ4v) is 4.74. The van der Waals surface area contributed by atoms with Gasteiger partial charge in [-0.05, 0) is 25.7 Å². The molecular formula is C16H21N5O2S. The van der Waals surface area contributed by atoms with E-state index in [1.54, 1.807) is 6.07 Å². The molecule has 0 bridgehead atoms. The Morgan fingerprint density at radius 3 is 3.00 bits per heavy atom. The molecule has 4 heterocycles. The van der Waals surface area contributed by atoms with E-state index >= 15 is 0 Å². The summed E-state index contributed by atoms with van der Waals surface area (Å²) in [7, 11) is 0. The van der Waals surface area contributed by atoms with Crippen LogP contribution >= 0.6 is 11.3 Å². The molecule has 2 aromatic heterocycles. The summed E-state index contributed by atoms with van der Waals surface area (Å²) in [5.41, 5.74) is 0.682. The van der Waals surface area contributed by atoms with Crippen LogP contribution < -0.4 is 15.8 Å². The van der Waals surface area contributed by atoms with E-state index in [9.17, 15) is 9.59 Å². The second kappa shape index (κ2) is 6.16. The van der Waals surface area contributed by atoms with Crippen LogP contribution in [-0.2, 0) is 11.2 Å². The molecular weight excluding hydrogens is 326 g/mol. The van der Waals surface area contributed by atoms with Crippen molar-refractivity contribution in [2.45, 2.75) is 45.1 Å². The SMILES string of the molecule is CCc1cc(=O)n2nc(N3CCCC[C@@H]3[C@@H]3CNC(=O)C3)sc2n1. The van der Waals surface area contributed by atoms with Gasteiger partial charge in [-0.3, -0.25) is 9.59 Å². The zero-order chi connectivity index (χ0) is 16.7. The Labute approximate surface area is 143 Å². The summed E-state index contributed by atoms with van der Waals surface area (Å²) in [6.45, 7) is 3.65. The van der Waals surface area contributed by atoms with Gasteiger partial charge < -0.3 is 10.2 Å². The molecule has 2 atom stereocenters. The molecule has 2 fully saturated rings. The zero-order valence-electron chi connectivity index (χ0n) is 13.7. The highest BCUT2D eigenvalue weighted by molar-refractivity contribution is 7.20. The summed E-state index contributed by atoms with van der Waals surface area (Å²) in [6, 6.07) is 1.86. The van der Waals surface area contributed by atoms with Crippen molar-refractivity contribution in [1.29, 1.82) is 0 Å². The average Bonchev–Trinajstić information content (AvgIpc) is 3.21. The normalized spacial score (nSPS) is 24.5. The first-order valence-electron chi connectivity index (χ1n) is 8.59. The van der Waals surface area contributed by atoms with Crippen molar-refractivity contribution < 1.29 is 4.79 Å². The molecule has 2 aliphatic heterocycles. The maximum Gasteiger partial charge on any atom is 0.275 e. The Kier molecular flexibility index (Phi) is 3.99. The highest BCUT2D eigenvalue weighted by atomic mass is 32.1. The van der Waals surface area contributed by atoms with Crippen LogP contribution in [0.25, 0.3) is 4.96 Å². The van der Waals surface area contributed by atoms with Crippen LogP contribution in [0.3, 0.4) is 0 Å². The van der Waals surface area contributed by atoms with Gasteiger partial charge in [-0.1, -0.05) is 18.3 Å². The van der Waals surface area contributed by atoms with E-state index in [-0.39, 0.29) is 11.5 Å². The van der Waals surface area contributed by atoms with Gasteiger partial charge in [-0.2, -0.15) is 4.52 Å². The molecule has 0 radical (unpaired) electrons. The largest absolute Gasteiger partial charge is 0.356 e. The van der Waals surface area contributed by atoms with Crippen molar-refractivity contribution in [1.82, 2.24) is 19.9 Å². The van der Waals surface area contributed by atoms with E-state index in [0.29, 0.717) is 23.3 Å². The van der Waals surface area contributed by atoms with E-state index in [4.69, 9.17) is 0 Å². The molecule has 2 aromatic rings. The third-order valence-electron chi connectivity index (χ3n) is 5.00. The monoisotopic (exact) mass is 347 g/mol. The molecule has 0 spiro atoms. The van der Waals surface area contributed by atoms with Crippen LogP contribution in [0.15, 0.2) is 10.9 Å². The molecule has 0 aromatic carbocycles. The third kappa shape index (κ3) is 2.68. The maximum absolute atomic E-state index is 12.2. The first kappa shape index (κ1) is 15.6. The summed E-state index contributed by atoms with van der Waals surface area (Å²) >= 11 is 1.47. The minimum absolute atomic E-state index is 0.120. The lowest BCUT2D eigenvalue weighted by Gasteiger charge is -2.38. The lowest BCUT2D eigenvalue weighted by molar-refractivity contribution is -0.119. The van der Waals surface area contributed by atoms with Gasteiger partial charge in [-0.25, -0.2) is 4.98 Å². The Hall–Kier alpha value is -1.96. The number of carbonyl (C=O) groups is 1. The number of fused-ring (bicyclic) bond motifs is 1. The Bertz CT molecular complexity index is 829. The highest BCUT2D eigenvalue weighted by Gasteiger charge is 2.36. The number of piperidine rings is 1. The van der Waals surface area contributed by atoms with Crippen LogP contribution in [0, 0.1) is 5.92 Å². The first-order chi connectivity index (χ1) is 11.7. The summed E-state index contributed by atoms with van der Waals surface area (Å²) < 4.78 is 1.41. The standard InChI is InChI=1S/C16H21N5O2S/c1-2-11-8-14(23)21-15(18-11)24-16(19-21)20-6-4-3-5-12(20)10-7-13(22)17-9-10/h8,10,12H,2-7,9H2,1H3,(H,17,22)/t10-,12+/m0/s1. The van der Waals surface area contributed by atoms with Crippen LogP contribution in [0.5, 0.6) is 0 Å². The predicted molar refractivity (Wildman–Crippen MR) is 92.6 cm³/mol. The number of aryl methyl sites for hydroxylation is 1. The molecule has 7 nitrogen and oxygen atoms in total. The fourth-order valence-electron chi connectivity index (χ4n) is 3.73. The van der Waals surface area contributed by atoms with Crippen molar-refractivity contribution in [2.75, 3.05) is 18.0 Å². The van der Waals surface area contributed by atoms with Gasteiger partial charge in [0.25, 0.3) is 5.56 Å². The number of hydrogen-bond acceptors (Lipinski definition) is 6. The Morgan fingerprint density at radius 2 is 2.25 bits per heavy atom. The van der Waals surface area contributed by atoms with E-state index < -0.39 is 0 Å². The van der Waals surface area contributed by atoms with Crippen LogP contribution in [0.2, 0.25) is 0 Å². The second-order valence-electron chi connectivity index (χ2n) is 6.54. The van der Waals surface area contributed by atoms with Crippen LogP contribution in [0.4, 0.5) is 5.13 Å². The van der Waals surface area contributed by atoms with E-state index in [1.807, 2.05) is 6.92 Å². The van der Waals surface area contributed by atoms with Crippen LogP contribution in [-0.4, -0.2) is 39.6 Å². The number of aromatic nitrogens is 3. The summed E-state index contributed by atoms with van der Waals surface area (Å²) in [6.07, 6.45) is 4.68. The van der Waals surface area contributed by atoms with Gasteiger partial charge in [0.05, 0.1) is 0 Å². The van der Waals surface area contributed by atoms with Crippen molar-refractivity contribution >= 4 is 27.3 Å². The molecule has 4 rings (SSSR count). The zero-order valence-corrected chi connectivity index (χ0v) is 14.5. The molecule has 1 N–H and O–H groups in total. The fraction of sp³-hybridized carbons (Fsp3) is 0.625. The summed E-state index contributed by atoms with van der Waals surface area (Å²) in [5.74, 6) is 0.459. The number of rotatable bonds is 3. The molecule has 0 saturated carbocycles. The van der Waals surface area contributed by atoms with E-state index in [2.05, 4.69) is 20.3 Å². The van der Waals surface area contributed by atoms with Gasteiger partial charge in [0.15, 0.2) is 0 Å². The summed E-state index contributed by atoms with van der Waals surface area (Å²) in [5, 5.41) is 8.32. The molecule has 8 heteroatoms. The molecule has 128 valence electrons. The van der Waals surface area contributed by atoms with Crippen molar-refractivity contribution in [3.63, 3.8) is 0 Å². The van der Waals surface area contributed by atoms with Crippen molar-refractivity contribution in [3.05, 3.63) is 22.1 Å². The van der Waals surface area contributed by atoms with Crippen molar-refractivity contribution in [3.8, 4) is 0 Å². The Balaban J connectivity index is 1.70. The van der Waals surface area contributed by atoms with E-state index in [0.717, 1.165) is 43.2 Å². The predicted octanol–water partition coefficient (Wildman–Crippen LogP) is 1.21. The molecule has 0 unspecified atom stereocenters. The number of anilines is 1. The number of nitrogens with zero attached hydrogens (tertiary/aromatic N) is 4. The van der Waals surface area contributed by atoms with Gasteiger partial charge in [0, 0.05) is 43.2 Å². The quantitative estimate of drug-likeness (QED) is 0.903. The maximum atomic E-state index is 12.2. The number of nitrogens with one attached hydrogen (secondary N) is 1. The van der Waals surface area contributed by atoms with Gasteiger partial charge in [-0.15, -0.1) is 5.10 Å². The smallest absolute Gasteiger partial charge is 0.275 e. The molecule has 24 heavy (non-hydrogen) atoms. The number of amides is 1. The Morgan fingerprint density at radius 1 is 1.38 bits per heavy atom. The highest BCUT2D eigenvalue weighted by Crippen LogP contribution is 2.33. The second-order valence-corrected chi connectivity index (χ2v) is 7.48. The molecule has 2 saturated heterocycles. The molecule has 2 aliphatic rings. The molecule has 0 aliphatic carbocycles. The van der Waals surface area contributed by atoms with Crippen molar-refractivity contribution in [2.24, 2.45) is 5.92 Å². The van der Waals surface area contributed by atoms with Crippen LogP contribution in [0.1, 0.15) is 38.3 Å². The lowest BCUT2D eigenvalue weighted by Crippen LogP contribution is -2.45. The van der Waals surface area contributed by atoms with E-state index in [1.165, 1.54) is 22.3 Å². The summed E-state index contributed by atoms with van der Waals surface area (Å²) in [4.78, 5) is 31.3. The average molecular weight is 347 g/mol. The minimum atomic E-state index is -0.120. The van der Waals surface area contributed by atoms with Gasteiger partial charge >= 0.3 is 0 Å². The number of hydrogen-bond donors (Lipinski definition) is 1. The minimum Gasteiger partial charge on any atom is -0.356 e. The number of carbonyl (C=O) groups excluding carboxylic acids is 1.